The Labute approximate surface area is 40.8 Å². The molecule has 0 aromatic heterocycles. The summed E-state index contributed by atoms with van der Waals surface area (Å²) < 4.78 is 9.42. The van der Waals surface area contributed by atoms with Gasteiger partial charge < -0.3 is 14.6 Å². The molecule has 2 aliphatic rings. The highest BCUT2D eigenvalue weighted by molar-refractivity contribution is 4.89. The Bertz CT molecular complexity index is 101. The van der Waals surface area contributed by atoms with Crippen LogP contribution in [0.4, 0.5) is 0 Å². The third-order valence-corrected chi connectivity index (χ3v) is 1.35. The maximum absolute atomic E-state index is 8.82. The van der Waals surface area contributed by atoms with Crippen LogP contribution in [0.2, 0.25) is 0 Å². The lowest BCUT2D eigenvalue weighted by molar-refractivity contribution is -0.184. The largest absolute Gasteiger partial charge is 0.341 e. The van der Waals surface area contributed by atoms with Crippen LogP contribution in [0.1, 0.15) is 6.42 Å². The first-order chi connectivity index (χ1) is 3.31. The Morgan fingerprint density at radius 3 is 2.71 bits per heavy atom. The standard InChI is InChI=1S/C4H6O3/c5-4-3(7-4)1-2-6-4/h3,5H,1-2H2. The van der Waals surface area contributed by atoms with Crippen LogP contribution in [-0.2, 0) is 9.47 Å². The number of ether oxygens (including phenoxy) is 2. The highest BCUT2D eigenvalue weighted by Crippen LogP contribution is 2.42. The molecule has 1 N–H and O–H groups in total. The van der Waals surface area contributed by atoms with E-state index in [1.807, 2.05) is 0 Å². The molecule has 0 amide bonds. The average molecular weight is 102 g/mol. The van der Waals surface area contributed by atoms with Crippen molar-refractivity contribution >= 4 is 0 Å². The molecule has 0 bridgehead atoms. The van der Waals surface area contributed by atoms with Crippen molar-refractivity contribution < 1.29 is 14.6 Å². The van der Waals surface area contributed by atoms with Crippen molar-refractivity contribution in [2.45, 2.75) is 18.5 Å². The number of rotatable bonds is 0. The van der Waals surface area contributed by atoms with Crippen molar-refractivity contribution in [1.82, 2.24) is 0 Å². The normalized spacial score (nSPS) is 57.0. The van der Waals surface area contributed by atoms with E-state index in [-0.39, 0.29) is 6.10 Å². The van der Waals surface area contributed by atoms with E-state index in [0.29, 0.717) is 6.61 Å². The van der Waals surface area contributed by atoms with Crippen molar-refractivity contribution in [2.75, 3.05) is 6.61 Å². The summed E-state index contributed by atoms with van der Waals surface area (Å²) in [5.41, 5.74) is 0. The lowest BCUT2D eigenvalue weighted by Crippen LogP contribution is -2.10. The molecule has 2 unspecified atom stereocenters. The Hall–Kier alpha value is -0.120. The number of epoxide rings is 1. The zero-order valence-corrected chi connectivity index (χ0v) is 3.76. The van der Waals surface area contributed by atoms with Crippen LogP contribution in [0.5, 0.6) is 0 Å². The third-order valence-electron chi connectivity index (χ3n) is 1.35. The maximum Gasteiger partial charge on any atom is 0.309 e. The molecular formula is C4H6O3. The second kappa shape index (κ2) is 0.844. The highest BCUT2D eigenvalue weighted by Gasteiger charge is 2.61. The van der Waals surface area contributed by atoms with Gasteiger partial charge in [-0.25, -0.2) is 0 Å². The smallest absolute Gasteiger partial charge is 0.309 e. The van der Waals surface area contributed by atoms with E-state index >= 15 is 0 Å². The van der Waals surface area contributed by atoms with E-state index in [2.05, 4.69) is 4.74 Å². The first-order valence-electron chi connectivity index (χ1n) is 2.35. The Morgan fingerprint density at radius 2 is 2.57 bits per heavy atom. The van der Waals surface area contributed by atoms with Crippen LogP contribution in [0.15, 0.2) is 0 Å². The van der Waals surface area contributed by atoms with Crippen LogP contribution in [0.25, 0.3) is 0 Å². The minimum absolute atomic E-state index is 0.00694. The minimum atomic E-state index is -1.14. The molecule has 0 saturated carbocycles. The Kier molecular flexibility index (Phi) is 0.462. The number of hydrogen-bond acceptors (Lipinski definition) is 3. The molecule has 0 aromatic rings. The van der Waals surface area contributed by atoms with Crippen molar-refractivity contribution in [1.29, 1.82) is 0 Å². The van der Waals surface area contributed by atoms with Gasteiger partial charge >= 0.3 is 5.97 Å². The molecule has 7 heavy (non-hydrogen) atoms. The fraction of sp³-hybridized carbons (Fsp3) is 1.00. The van der Waals surface area contributed by atoms with Crippen LogP contribution >= 0.6 is 0 Å². The van der Waals surface area contributed by atoms with Gasteiger partial charge in [-0.2, -0.15) is 0 Å². The zero-order chi connectivity index (χ0) is 4.91. The molecule has 0 radical (unpaired) electrons. The van der Waals surface area contributed by atoms with Gasteiger partial charge in [-0.05, 0) is 0 Å². The van der Waals surface area contributed by atoms with Gasteiger partial charge in [-0.3, -0.25) is 0 Å². The molecule has 2 atom stereocenters. The van der Waals surface area contributed by atoms with Crippen molar-refractivity contribution in [3.8, 4) is 0 Å². The number of aliphatic hydroxyl groups is 1. The van der Waals surface area contributed by atoms with Gasteiger partial charge in [0.25, 0.3) is 0 Å². The van der Waals surface area contributed by atoms with Gasteiger partial charge in [0, 0.05) is 6.42 Å². The Balaban J connectivity index is 2.17. The molecular weight excluding hydrogens is 96.0 g/mol. The van der Waals surface area contributed by atoms with Gasteiger partial charge in [0.1, 0.15) is 6.10 Å². The molecule has 2 aliphatic heterocycles. The fourth-order valence-corrected chi connectivity index (χ4v) is 0.850. The summed E-state index contributed by atoms with van der Waals surface area (Å²) >= 11 is 0. The van der Waals surface area contributed by atoms with E-state index in [1.165, 1.54) is 0 Å². The van der Waals surface area contributed by atoms with E-state index < -0.39 is 5.97 Å². The first-order valence-corrected chi connectivity index (χ1v) is 2.35. The second-order valence-corrected chi connectivity index (χ2v) is 1.87. The molecule has 0 spiro atoms. The first kappa shape index (κ1) is 3.83. The third kappa shape index (κ3) is 0.351. The lowest BCUT2D eigenvalue weighted by atomic mass is 10.4. The summed E-state index contributed by atoms with van der Waals surface area (Å²) in [6, 6.07) is 0. The molecule has 2 rings (SSSR count). The van der Waals surface area contributed by atoms with Gasteiger partial charge in [0.15, 0.2) is 0 Å². The van der Waals surface area contributed by atoms with Gasteiger partial charge in [0.05, 0.1) is 6.61 Å². The fourth-order valence-electron chi connectivity index (χ4n) is 0.850. The van der Waals surface area contributed by atoms with Crippen LogP contribution in [-0.4, -0.2) is 23.8 Å². The van der Waals surface area contributed by atoms with Crippen molar-refractivity contribution in [3.63, 3.8) is 0 Å². The van der Waals surface area contributed by atoms with Gasteiger partial charge in [0.2, 0.25) is 0 Å². The van der Waals surface area contributed by atoms with Crippen molar-refractivity contribution in [3.05, 3.63) is 0 Å². The zero-order valence-electron chi connectivity index (χ0n) is 3.76. The summed E-state index contributed by atoms with van der Waals surface area (Å²) in [6.45, 7) is 0.640. The van der Waals surface area contributed by atoms with E-state index in [4.69, 9.17) is 9.84 Å². The summed E-state index contributed by atoms with van der Waals surface area (Å²) in [6.07, 6.45) is 0.837. The predicted octanol–water partition coefficient (Wildman–Crippen LogP) is -0.548. The van der Waals surface area contributed by atoms with E-state index in [9.17, 15) is 0 Å². The number of hydrogen-bond donors (Lipinski definition) is 1. The van der Waals surface area contributed by atoms with Crippen molar-refractivity contribution in [2.24, 2.45) is 0 Å². The molecule has 2 fully saturated rings. The second-order valence-electron chi connectivity index (χ2n) is 1.87. The minimum Gasteiger partial charge on any atom is -0.341 e. The molecule has 40 valence electrons. The molecule has 3 nitrogen and oxygen atoms in total. The van der Waals surface area contributed by atoms with Gasteiger partial charge in [-0.15, -0.1) is 0 Å². The molecule has 0 aliphatic carbocycles. The van der Waals surface area contributed by atoms with E-state index in [1.54, 1.807) is 0 Å². The van der Waals surface area contributed by atoms with Crippen LogP contribution < -0.4 is 0 Å². The molecule has 3 heteroatoms. The highest BCUT2D eigenvalue weighted by atomic mass is 16.9. The summed E-state index contributed by atoms with van der Waals surface area (Å²) in [4.78, 5) is 0. The molecule has 0 aromatic carbocycles. The van der Waals surface area contributed by atoms with Crippen LogP contribution in [0, 0.1) is 0 Å². The molecule has 2 saturated heterocycles. The monoisotopic (exact) mass is 102 g/mol. The Morgan fingerprint density at radius 1 is 1.71 bits per heavy atom. The summed E-state index contributed by atoms with van der Waals surface area (Å²) in [7, 11) is 0. The van der Waals surface area contributed by atoms with Gasteiger partial charge in [-0.1, -0.05) is 0 Å². The van der Waals surface area contributed by atoms with E-state index in [0.717, 1.165) is 6.42 Å². The van der Waals surface area contributed by atoms with Crippen LogP contribution in [0.3, 0.4) is 0 Å². The quantitative estimate of drug-likeness (QED) is 0.417. The average Bonchev–Trinajstić information content (AvgIpc) is 2.09. The number of fused-ring (bicyclic) bond motifs is 1. The SMILES string of the molecule is OC12OCCC1O2. The predicted molar refractivity (Wildman–Crippen MR) is 20.4 cm³/mol. The summed E-state index contributed by atoms with van der Waals surface area (Å²) in [5, 5.41) is 8.82. The summed E-state index contributed by atoms with van der Waals surface area (Å²) in [5.74, 6) is -1.14. The molecule has 2 heterocycles. The maximum atomic E-state index is 8.82. The topological polar surface area (TPSA) is 42.0 Å². The lowest BCUT2D eigenvalue weighted by Gasteiger charge is -1.96.